The average molecular weight is 244 g/mol. The second kappa shape index (κ2) is 4.87. The molecule has 102 valence electrons. The Morgan fingerprint density at radius 3 is 1.82 bits per heavy atom. The summed E-state index contributed by atoms with van der Waals surface area (Å²) in [5.74, 6) is 0. The third kappa shape index (κ3) is 3.94. The first-order valence-electron chi connectivity index (χ1n) is 6.54. The Hall–Kier alpha value is -0.120. The maximum absolute atomic E-state index is 10.0. The van der Waals surface area contributed by atoms with Crippen LogP contribution in [0.15, 0.2) is 0 Å². The highest BCUT2D eigenvalue weighted by Gasteiger charge is 2.47. The lowest BCUT2D eigenvalue weighted by Crippen LogP contribution is -2.39. The monoisotopic (exact) mass is 244 g/mol. The van der Waals surface area contributed by atoms with Gasteiger partial charge in [-0.25, -0.2) is 0 Å². The normalized spacial score (nSPS) is 35.3. The topological polar surface area (TPSA) is 49.7 Å². The Labute approximate surface area is 105 Å². The van der Waals surface area contributed by atoms with Crippen molar-refractivity contribution in [3.63, 3.8) is 0 Å². The van der Waals surface area contributed by atoms with E-state index in [0.717, 1.165) is 12.8 Å². The number of ether oxygens (including phenoxy) is 1. The van der Waals surface area contributed by atoms with Crippen LogP contribution < -0.4 is 0 Å². The van der Waals surface area contributed by atoms with Crippen molar-refractivity contribution in [2.45, 2.75) is 78.8 Å². The van der Waals surface area contributed by atoms with E-state index in [1.54, 1.807) is 0 Å². The molecule has 1 aliphatic rings. The number of hydrogen-bond acceptors (Lipinski definition) is 3. The van der Waals surface area contributed by atoms with E-state index in [9.17, 15) is 10.2 Å². The van der Waals surface area contributed by atoms with Crippen LogP contribution in [0.4, 0.5) is 0 Å². The fraction of sp³-hybridized carbons (Fsp3) is 1.00. The first kappa shape index (κ1) is 14.9. The van der Waals surface area contributed by atoms with Crippen LogP contribution >= 0.6 is 0 Å². The summed E-state index contributed by atoms with van der Waals surface area (Å²) in [6.07, 6.45) is -0.232. The molecule has 0 aromatic carbocycles. The number of hydrogen-bond donors (Lipinski definition) is 2. The highest BCUT2D eigenvalue weighted by atomic mass is 16.5. The van der Waals surface area contributed by atoms with Gasteiger partial charge in [0.1, 0.15) is 12.2 Å². The van der Waals surface area contributed by atoms with Gasteiger partial charge in [-0.2, -0.15) is 0 Å². The fourth-order valence-electron chi connectivity index (χ4n) is 2.28. The van der Waals surface area contributed by atoms with Crippen LogP contribution in [0.5, 0.6) is 0 Å². The summed E-state index contributed by atoms with van der Waals surface area (Å²) in [5.41, 5.74) is 0.0880. The predicted molar refractivity (Wildman–Crippen MR) is 68.8 cm³/mol. The van der Waals surface area contributed by atoms with Crippen LogP contribution in [-0.2, 0) is 4.74 Å². The largest absolute Gasteiger partial charge is 0.388 e. The zero-order chi connectivity index (χ0) is 13.4. The maximum Gasteiger partial charge on any atom is 0.109 e. The molecule has 3 heteroatoms. The van der Waals surface area contributed by atoms with Crippen molar-refractivity contribution in [3.8, 4) is 0 Å². The van der Waals surface area contributed by atoms with E-state index < -0.39 is 12.2 Å². The van der Waals surface area contributed by atoms with Crippen LogP contribution in [0, 0.1) is 10.8 Å². The van der Waals surface area contributed by atoms with Gasteiger partial charge in [-0.15, -0.1) is 0 Å². The standard InChI is InChI=1S/C14H28O3/c1-13(2,3)8-7-9-10(15)11(16)12(17-9)14(4,5)6/h9-12,15-16H,7-8H2,1-6H3. The van der Waals surface area contributed by atoms with Crippen LogP contribution in [-0.4, -0.2) is 34.6 Å². The number of rotatable bonds is 2. The number of aliphatic hydroxyl groups excluding tert-OH is 2. The summed E-state index contributed by atoms with van der Waals surface area (Å²) in [6, 6.07) is 0. The van der Waals surface area contributed by atoms with Crippen molar-refractivity contribution in [3.05, 3.63) is 0 Å². The van der Waals surface area contributed by atoms with Crippen molar-refractivity contribution in [1.82, 2.24) is 0 Å². The first-order valence-corrected chi connectivity index (χ1v) is 6.54. The maximum atomic E-state index is 10.0. The Bertz CT molecular complexity index is 249. The molecule has 17 heavy (non-hydrogen) atoms. The molecule has 0 radical (unpaired) electrons. The van der Waals surface area contributed by atoms with Gasteiger partial charge in [-0.1, -0.05) is 41.5 Å². The summed E-state index contributed by atoms with van der Waals surface area (Å²) in [5, 5.41) is 20.0. The minimum atomic E-state index is -0.764. The molecule has 4 atom stereocenters. The minimum absolute atomic E-state index is 0.142. The molecule has 1 fully saturated rings. The van der Waals surface area contributed by atoms with E-state index in [1.807, 2.05) is 20.8 Å². The van der Waals surface area contributed by atoms with E-state index >= 15 is 0 Å². The second-order valence-electron chi connectivity index (χ2n) is 7.54. The lowest BCUT2D eigenvalue weighted by atomic mass is 9.84. The predicted octanol–water partition coefficient (Wildman–Crippen LogP) is 2.35. The molecule has 0 spiro atoms. The van der Waals surface area contributed by atoms with Gasteiger partial charge in [0, 0.05) is 0 Å². The molecule has 0 bridgehead atoms. The molecule has 1 rings (SSSR count). The van der Waals surface area contributed by atoms with E-state index in [-0.39, 0.29) is 23.0 Å². The van der Waals surface area contributed by atoms with Gasteiger partial charge < -0.3 is 14.9 Å². The molecule has 0 aromatic rings. The van der Waals surface area contributed by atoms with Gasteiger partial charge in [0.05, 0.1) is 12.2 Å². The molecule has 3 nitrogen and oxygen atoms in total. The molecule has 1 saturated heterocycles. The third-order valence-electron chi connectivity index (χ3n) is 3.39. The van der Waals surface area contributed by atoms with Gasteiger partial charge in [-0.3, -0.25) is 0 Å². The summed E-state index contributed by atoms with van der Waals surface area (Å²) in [4.78, 5) is 0. The van der Waals surface area contributed by atoms with Gasteiger partial charge in [0.25, 0.3) is 0 Å². The highest BCUT2D eigenvalue weighted by molar-refractivity contribution is 4.96. The Morgan fingerprint density at radius 1 is 0.941 bits per heavy atom. The molecule has 4 unspecified atom stereocenters. The molecule has 0 aromatic heterocycles. The lowest BCUT2D eigenvalue weighted by Gasteiger charge is -2.29. The molecule has 0 saturated carbocycles. The van der Waals surface area contributed by atoms with Crippen molar-refractivity contribution in [2.24, 2.45) is 10.8 Å². The zero-order valence-corrected chi connectivity index (χ0v) is 12.0. The van der Waals surface area contributed by atoms with E-state index in [1.165, 1.54) is 0 Å². The smallest absolute Gasteiger partial charge is 0.109 e. The molecular formula is C14H28O3. The molecule has 0 aliphatic carbocycles. The van der Waals surface area contributed by atoms with Gasteiger partial charge in [-0.05, 0) is 23.7 Å². The summed E-state index contributed by atoms with van der Waals surface area (Å²) in [7, 11) is 0. The van der Waals surface area contributed by atoms with Crippen LogP contribution in [0.1, 0.15) is 54.4 Å². The SMILES string of the molecule is CC(C)(C)CCC1OC(C(C)(C)C)C(O)C1O. The molecule has 1 aliphatic heterocycles. The van der Waals surface area contributed by atoms with Crippen LogP contribution in [0.25, 0.3) is 0 Å². The number of aliphatic hydroxyl groups is 2. The van der Waals surface area contributed by atoms with Crippen molar-refractivity contribution < 1.29 is 14.9 Å². The Balaban J connectivity index is 2.60. The minimum Gasteiger partial charge on any atom is -0.388 e. The van der Waals surface area contributed by atoms with E-state index in [4.69, 9.17) is 4.74 Å². The van der Waals surface area contributed by atoms with E-state index in [0.29, 0.717) is 0 Å². The summed E-state index contributed by atoms with van der Waals surface area (Å²) >= 11 is 0. The Kier molecular flexibility index (Phi) is 4.28. The van der Waals surface area contributed by atoms with Gasteiger partial charge in [0.2, 0.25) is 0 Å². The van der Waals surface area contributed by atoms with Crippen molar-refractivity contribution in [1.29, 1.82) is 0 Å². The third-order valence-corrected chi connectivity index (χ3v) is 3.39. The lowest BCUT2D eigenvalue weighted by molar-refractivity contribution is -0.0550. The van der Waals surface area contributed by atoms with E-state index in [2.05, 4.69) is 20.8 Å². The highest BCUT2D eigenvalue weighted by Crippen LogP contribution is 2.36. The molecule has 2 N–H and O–H groups in total. The van der Waals surface area contributed by atoms with Gasteiger partial charge >= 0.3 is 0 Å². The zero-order valence-electron chi connectivity index (χ0n) is 12.0. The van der Waals surface area contributed by atoms with Crippen molar-refractivity contribution >= 4 is 0 Å². The van der Waals surface area contributed by atoms with Crippen LogP contribution in [0.3, 0.4) is 0 Å². The fourth-order valence-corrected chi connectivity index (χ4v) is 2.28. The molecule has 0 amide bonds. The molecular weight excluding hydrogens is 216 g/mol. The quantitative estimate of drug-likeness (QED) is 0.784. The summed E-state index contributed by atoms with van der Waals surface area (Å²) < 4.78 is 5.85. The Morgan fingerprint density at radius 2 is 1.47 bits per heavy atom. The average Bonchev–Trinajstić information content (AvgIpc) is 2.39. The second-order valence-corrected chi connectivity index (χ2v) is 7.54. The van der Waals surface area contributed by atoms with Crippen LogP contribution in [0.2, 0.25) is 0 Å². The first-order chi connectivity index (χ1) is 7.52. The van der Waals surface area contributed by atoms with Crippen molar-refractivity contribution in [2.75, 3.05) is 0 Å². The summed E-state index contributed by atoms with van der Waals surface area (Å²) in [6.45, 7) is 12.6. The van der Waals surface area contributed by atoms with Gasteiger partial charge in [0.15, 0.2) is 0 Å². The molecule has 1 heterocycles.